The largest absolute Gasteiger partial charge is 0.300 e. The van der Waals surface area contributed by atoms with Gasteiger partial charge in [-0.1, -0.05) is 0 Å². The summed E-state index contributed by atoms with van der Waals surface area (Å²) in [5, 5.41) is 2.41. The van der Waals surface area contributed by atoms with Crippen molar-refractivity contribution >= 4 is 27.0 Å². The smallest absolute Gasteiger partial charge is 0.153 e. The third kappa shape index (κ3) is 3.13. The average Bonchev–Trinajstić information content (AvgIpc) is 2.75. The van der Waals surface area contributed by atoms with Crippen LogP contribution in [0.15, 0.2) is 5.38 Å². The summed E-state index contributed by atoms with van der Waals surface area (Å²) >= 11 is 1.45. The molecule has 1 unspecified atom stereocenters. The van der Waals surface area contributed by atoms with Crippen molar-refractivity contribution < 1.29 is 13.2 Å². The van der Waals surface area contributed by atoms with Crippen molar-refractivity contribution in [3.05, 3.63) is 16.1 Å². The first-order valence-electron chi connectivity index (χ1n) is 5.61. The predicted molar refractivity (Wildman–Crippen MR) is 67.0 cm³/mol. The highest BCUT2D eigenvalue weighted by Crippen LogP contribution is 2.25. The van der Waals surface area contributed by atoms with Gasteiger partial charge in [-0.15, -0.1) is 11.3 Å². The molecule has 1 aliphatic heterocycles. The van der Waals surface area contributed by atoms with Crippen molar-refractivity contribution in [3.63, 3.8) is 0 Å². The summed E-state index contributed by atoms with van der Waals surface area (Å²) in [4.78, 5) is 15.3. The number of rotatable bonds is 4. The van der Waals surface area contributed by atoms with E-state index in [4.69, 9.17) is 0 Å². The molecule has 6 heteroatoms. The number of carbonyl (C=O) groups excluding carboxylic acids is 1. The first kappa shape index (κ1) is 12.7. The molecule has 0 aliphatic carbocycles. The van der Waals surface area contributed by atoms with Gasteiger partial charge in [0.25, 0.3) is 0 Å². The van der Waals surface area contributed by atoms with E-state index in [-0.39, 0.29) is 11.0 Å². The number of nitrogens with zero attached hydrogens (tertiary/aromatic N) is 1. The summed E-state index contributed by atoms with van der Waals surface area (Å²) in [6.45, 7) is 1.53. The summed E-state index contributed by atoms with van der Waals surface area (Å²) in [6.07, 6.45) is 2.35. The number of Topliss-reactive ketones (excluding diaryl/α,β-unsaturated/α-hetero) is 1. The molecule has 2 rings (SSSR count). The molecular formula is C11H15NO3S2. The van der Waals surface area contributed by atoms with Crippen molar-refractivity contribution in [1.29, 1.82) is 0 Å². The number of carbonyl (C=O) groups is 1. The van der Waals surface area contributed by atoms with E-state index in [0.29, 0.717) is 18.6 Å². The number of sulfone groups is 1. The quantitative estimate of drug-likeness (QED) is 0.831. The van der Waals surface area contributed by atoms with Crippen LogP contribution < -0.4 is 0 Å². The minimum Gasteiger partial charge on any atom is -0.300 e. The maximum atomic E-state index is 11.7. The lowest BCUT2D eigenvalue weighted by Crippen LogP contribution is -2.18. The van der Waals surface area contributed by atoms with Crippen LogP contribution in [0, 0.1) is 0 Å². The number of thiazole rings is 1. The van der Waals surface area contributed by atoms with Gasteiger partial charge < -0.3 is 0 Å². The normalized spacial score (nSPS) is 22.8. The van der Waals surface area contributed by atoms with E-state index < -0.39 is 9.84 Å². The summed E-state index contributed by atoms with van der Waals surface area (Å²) < 4.78 is 23.3. The SMILES string of the molecule is CC(=O)Cc1csc(CC2CCCS2(=O)=O)n1. The van der Waals surface area contributed by atoms with E-state index in [1.165, 1.54) is 18.3 Å². The molecule has 4 nitrogen and oxygen atoms in total. The number of aromatic nitrogens is 1. The molecule has 1 atom stereocenters. The second-order valence-corrected chi connectivity index (χ2v) is 7.79. The first-order chi connectivity index (χ1) is 7.97. The highest BCUT2D eigenvalue weighted by molar-refractivity contribution is 7.92. The molecule has 0 bridgehead atoms. The fourth-order valence-corrected chi connectivity index (χ4v) is 4.88. The monoisotopic (exact) mass is 273 g/mol. The van der Waals surface area contributed by atoms with E-state index in [2.05, 4.69) is 4.98 Å². The van der Waals surface area contributed by atoms with Crippen LogP contribution in [0.3, 0.4) is 0 Å². The summed E-state index contributed by atoms with van der Waals surface area (Å²) in [7, 11) is -2.90. The van der Waals surface area contributed by atoms with E-state index in [1.807, 2.05) is 5.38 Å². The van der Waals surface area contributed by atoms with Crippen LogP contribution in [0.5, 0.6) is 0 Å². The molecule has 1 aromatic heterocycles. The molecule has 1 aromatic rings. The van der Waals surface area contributed by atoms with Gasteiger partial charge in [0, 0.05) is 18.2 Å². The second-order valence-electron chi connectivity index (χ2n) is 4.45. The van der Waals surface area contributed by atoms with Gasteiger partial charge >= 0.3 is 0 Å². The van der Waals surface area contributed by atoms with Crippen LogP contribution in [-0.2, 0) is 27.5 Å². The Morgan fingerprint density at radius 3 is 2.94 bits per heavy atom. The molecule has 0 radical (unpaired) electrons. The Balaban J connectivity index is 2.04. The molecule has 0 spiro atoms. The van der Waals surface area contributed by atoms with Crippen molar-refractivity contribution in [1.82, 2.24) is 4.98 Å². The third-order valence-corrected chi connectivity index (χ3v) is 6.09. The Morgan fingerprint density at radius 1 is 1.59 bits per heavy atom. The van der Waals surface area contributed by atoms with Gasteiger partial charge in [-0.2, -0.15) is 0 Å². The lowest BCUT2D eigenvalue weighted by atomic mass is 10.2. The molecule has 1 aliphatic rings. The van der Waals surface area contributed by atoms with Gasteiger partial charge in [0.2, 0.25) is 0 Å². The van der Waals surface area contributed by atoms with E-state index >= 15 is 0 Å². The van der Waals surface area contributed by atoms with Gasteiger partial charge in [0.15, 0.2) is 9.84 Å². The van der Waals surface area contributed by atoms with Crippen LogP contribution in [0.4, 0.5) is 0 Å². The number of hydrogen-bond acceptors (Lipinski definition) is 5. The number of ketones is 1. The molecule has 0 saturated carbocycles. The first-order valence-corrected chi connectivity index (χ1v) is 8.21. The lowest BCUT2D eigenvalue weighted by Gasteiger charge is -2.05. The zero-order valence-corrected chi connectivity index (χ0v) is 11.3. The Hall–Kier alpha value is -0.750. The van der Waals surface area contributed by atoms with Crippen LogP contribution >= 0.6 is 11.3 Å². The number of hydrogen-bond donors (Lipinski definition) is 0. The molecule has 1 fully saturated rings. The maximum Gasteiger partial charge on any atom is 0.153 e. The Bertz CT molecular complexity index is 519. The Morgan fingerprint density at radius 2 is 2.35 bits per heavy atom. The van der Waals surface area contributed by atoms with Gasteiger partial charge in [-0.3, -0.25) is 4.79 Å². The van der Waals surface area contributed by atoms with Crippen molar-refractivity contribution in [3.8, 4) is 0 Å². The third-order valence-electron chi connectivity index (χ3n) is 2.89. The zero-order chi connectivity index (χ0) is 12.5. The highest BCUT2D eigenvalue weighted by atomic mass is 32.2. The minimum absolute atomic E-state index is 0.0790. The molecule has 17 heavy (non-hydrogen) atoms. The van der Waals surface area contributed by atoms with Crippen LogP contribution in [0.2, 0.25) is 0 Å². The maximum absolute atomic E-state index is 11.7. The topological polar surface area (TPSA) is 64.1 Å². The van der Waals surface area contributed by atoms with Gasteiger partial charge in [0.1, 0.15) is 5.78 Å². The molecular weight excluding hydrogens is 258 g/mol. The summed E-state index contributed by atoms with van der Waals surface area (Å²) in [5.41, 5.74) is 0.757. The Labute approximate surface area is 105 Å². The summed E-state index contributed by atoms with van der Waals surface area (Å²) in [6, 6.07) is 0. The second kappa shape index (κ2) is 4.86. The van der Waals surface area contributed by atoms with Gasteiger partial charge in [-0.05, 0) is 19.8 Å². The van der Waals surface area contributed by atoms with Crippen LogP contribution in [0.25, 0.3) is 0 Å². The minimum atomic E-state index is -2.90. The highest BCUT2D eigenvalue weighted by Gasteiger charge is 2.31. The standard InChI is InChI=1S/C11H15NO3S2/c1-8(13)5-9-7-16-11(12-9)6-10-3-2-4-17(10,14)15/h7,10H,2-6H2,1H3. The van der Waals surface area contributed by atoms with E-state index in [1.54, 1.807) is 0 Å². The molecule has 94 valence electrons. The molecule has 2 heterocycles. The fraction of sp³-hybridized carbons (Fsp3) is 0.636. The molecule has 0 N–H and O–H groups in total. The van der Waals surface area contributed by atoms with Crippen LogP contribution in [0.1, 0.15) is 30.5 Å². The molecule has 1 saturated heterocycles. The Kier molecular flexibility index (Phi) is 3.63. The van der Waals surface area contributed by atoms with Gasteiger partial charge in [0.05, 0.1) is 21.7 Å². The summed E-state index contributed by atoms with van der Waals surface area (Å²) in [5.74, 6) is 0.388. The molecule has 0 amide bonds. The van der Waals surface area contributed by atoms with Crippen LogP contribution in [-0.4, -0.2) is 30.2 Å². The zero-order valence-electron chi connectivity index (χ0n) is 9.68. The van der Waals surface area contributed by atoms with E-state index in [0.717, 1.165) is 23.5 Å². The van der Waals surface area contributed by atoms with Crippen molar-refractivity contribution in [2.75, 3.05) is 5.75 Å². The van der Waals surface area contributed by atoms with Gasteiger partial charge in [-0.25, -0.2) is 13.4 Å². The van der Waals surface area contributed by atoms with Crippen molar-refractivity contribution in [2.45, 2.75) is 37.9 Å². The lowest BCUT2D eigenvalue weighted by molar-refractivity contribution is -0.116. The van der Waals surface area contributed by atoms with E-state index in [9.17, 15) is 13.2 Å². The van der Waals surface area contributed by atoms with Crippen molar-refractivity contribution in [2.24, 2.45) is 0 Å². The average molecular weight is 273 g/mol. The fourth-order valence-electron chi connectivity index (χ4n) is 2.06. The molecule has 0 aromatic carbocycles. The predicted octanol–water partition coefficient (Wildman–Crippen LogP) is 1.39.